The molecule has 0 amide bonds. The van der Waals surface area contributed by atoms with Gasteiger partial charge in [0.15, 0.2) is 0 Å². The van der Waals surface area contributed by atoms with Crippen molar-refractivity contribution in [3.8, 4) is 0 Å². The highest BCUT2D eigenvalue weighted by Crippen LogP contribution is 2.23. The van der Waals surface area contributed by atoms with Crippen molar-refractivity contribution in [3.63, 3.8) is 0 Å². The molecule has 1 atom stereocenters. The quantitative estimate of drug-likeness (QED) is 0.737. The fourth-order valence-electron chi connectivity index (χ4n) is 1.22. The van der Waals surface area contributed by atoms with Crippen LogP contribution in [0, 0.1) is 0 Å². The largest absolute Gasteiger partial charge is 0.478 e. The van der Waals surface area contributed by atoms with Gasteiger partial charge in [-0.3, -0.25) is 0 Å². The van der Waals surface area contributed by atoms with E-state index in [0.717, 1.165) is 0 Å². The minimum Gasteiger partial charge on any atom is -0.478 e. The summed E-state index contributed by atoms with van der Waals surface area (Å²) in [4.78, 5) is 10.6. The molecule has 0 saturated heterocycles. The van der Waals surface area contributed by atoms with Crippen LogP contribution >= 0.6 is 15.9 Å². The average molecular weight is 338 g/mol. The molecule has 0 unspecified atom stereocenters. The Labute approximate surface area is 113 Å². The van der Waals surface area contributed by atoms with Crippen LogP contribution in [0.4, 0.5) is 0 Å². The van der Waals surface area contributed by atoms with Crippen molar-refractivity contribution in [2.45, 2.75) is 17.9 Å². The molecule has 0 heterocycles. The molecule has 0 aliphatic rings. The molecule has 0 spiro atoms. The molecule has 1 aromatic rings. The fourth-order valence-corrected chi connectivity index (χ4v) is 3.53. The van der Waals surface area contributed by atoms with E-state index in [4.69, 9.17) is 10.2 Å². The summed E-state index contributed by atoms with van der Waals surface area (Å²) in [6.45, 7) is 1.18. The molecule has 0 saturated carbocycles. The van der Waals surface area contributed by atoms with Crippen LogP contribution < -0.4 is 4.72 Å². The molecule has 0 aliphatic carbocycles. The van der Waals surface area contributed by atoms with Crippen LogP contribution in [0.5, 0.6) is 0 Å². The highest BCUT2D eigenvalue weighted by Gasteiger charge is 2.20. The number of aliphatic hydroxyl groups excluding tert-OH is 1. The van der Waals surface area contributed by atoms with Crippen molar-refractivity contribution in [3.05, 3.63) is 28.2 Å². The number of aromatic carboxylic acids is 1. The lowest BCUT2D eigenvalue weighted by atomic mass is 10.2. The van der Waals surface area contributed by atoms with Crippen molar-refractivity contribution in [1.29, 1.82) is 0 Å². The van der Waals surface area contributed by atoms with Gasteiger partial charge in [-0.1, -0.05) is 0 Å². The van der Waals surface area contributed by atoms with Crippen molar-refractivity contribution in [2.24, 2.45) is 0 Å². The lowest BCUT2D eigenvalue weighted by Gasteiger charge is -2.12. The molecule has 18 heavy (non-hydrogen) atoms. The monoisotopic (exact) mass is 337 g/mol. The van der Waals surface area contributed by atoms with Crippen LogP contribution in [-0.4, -0.2) is 37.2 Å². The van der Waals surface area contributed by atoms with Gasteiger partial charge in [-0.05, 0) is 41.1 Å². The number of aliphatic hydroxyl groups is 1. The minimum absolute atomic E-state index is 0.0176. The van der Waals surface area contributed by atoms with Gasteiger partial charge in [0.2, 0.25) is 10.0 Å². The summed E-state index contributed by atoms with van der Waals surface area (Å²) < 4.78 is 26.2. The third-order valence-electron chi connectivity index (χ3n) is 2.10. The summed E-state index contributed by atoms with van der Waals surface area (Å²) in [6.07, 6.45) is 0. The number of rotatable bonds is 5. The highest BCUT2D eigenvalue weighted by atomic mass is 79.9. The van der Waals surface area contributed by atoms with Crippen molar-refractivity contribution >= 4 is 31.9 Å². The summed E-state index contributed by atoms with van der Waals surface area (Å²) in [5.74, 6) is -1.14. The number of hydrogen-bond acceptors (Lipinski definition) is 4. The van der Waals surface area contributed by atoms with E-state index < -0.39 is 22.0 Å². The van der Waals surface area contributed by atoms with E-state index in [9.17, 15) is 13.2 Å². The normalized spacial score (nSPS) is 13.3. The molecule has 3 N–H and O–H groups in total. The third kappa shape index (κ3) is 3.52. The van der Waals surface area contributed by atoms with E-state index >= 15 is 0 Å². The third-order valence-corrected chi connectivity index (χ3v) is 4.66. The first kappa shape index (κ1) is 15.1. The van der Waals surface area contributed by atoms with Crippen LogP contribution in [-0.2, 0) is 10.0 Å². The smallest absolute Gasteiger partial charge is 0.335 e. The van der Waals surface area contributed by atoms with E-state index in [1.54, 1.807) is 0 Å². The number of hydrogen-bond donors (Lipinski definition) is 3. The molecule has 1 rings (SSSR count). The van der Waals surface area contributed by atoms with Crippen LogP contribution in [0.3, 0.4) is 0 Å². The van der Waals surface area contributed by atoms with E-state index in [-0.39, 0.29) is 21.5 Å². The lowest BCUT2D eigenvalue weighted by molar-refractivity contribution is 0.0696. The van der Waals surface area contributed by atoms with Crippen molar-refractivity contribution < 1.29 is 23.4 Å². The predicted molar refractivity (Wildman–Crippen MR) is 68.0 cm³/mol. The summed E-state index contributed by atoms with van der Waals surface area (Å²) in [6, 6.07) is 2.98. The molecule has 0 radical (unpaired) electrons. The maximum absolute atomic E-state index is 11.9. The van der Waals surface area contributed by atoms with Gasteiger partial charge < -0.3 is 10.2 Å². The maximum atomic E-state index is 11.9. The highest BCUT2D eigenvalue weighted by molar-refractivity contribution is 9.10. The molecule has 0 aliphatic heterocycles. The van der Waals surface area contributed by atoms with Gasteiger partial charge in [0.05, 0.1) is 17.1 Å². The first-order valence-electron chi connectivity index (χ1n) is 4.94. The zero-order valence-corrected chi connectivity index (χ0v) is 11.8. The zero-order valence-electron chi connectivity index (χ0n) is 9.42. The van der Waals surface area contributed by atoms with Crippen LogP contribution in [0.1, 0.15) is 17.3 Å². The molecular formula is C10H12BrNO5S. The van der Waals surface area contributed by atoms with Gasteiger partial charge in [-0.25, -0.2) is 17.9 Å². The van der Waals surface area contributed by atoms with Gasteiger partial charge in [0.1, 0.15) is 0 Å². The summed E-state index contributed by atoms with van der Waals surface area (Å²) in [5.41, 5.74) is -0.0176. The predicted octanol–water partition coefficient (Wildman–Crippen LogP) is 0.806. The van der Waals surface area contributed by atoms with Crippen LogP contribution in [0.25, 0.3) is 0 Å². The molecule has 0 aromatic heterocycles. The summed E-state index contributed by atoms with van der Waals surface area (Å²) in [7, 11) is -3.79. The number of nitrogens with one attached hydrogen (secondary N) is 1. The Kier molecular flexibility index (Phi) is 4.85. The number of benzene rings is 1. The van der Waals surface area contributed by atoms with E-state index in [0.29, 0.717) is 0 Å². The molecular weight excluding hydrogens is 326 g/mol. The van der Waals surface area contributed by atoms with Crippen molar-refractivity contribution in [2.75, 3.05) is 6.61 Å². The number of carboxylic acid groups (broad SMARTS) is 1. The Morgan fingerprint density at radius 2 is 2.11 bits per heavy atom. The maximum Gasteiger partial charge on any atom is 0.335 e. The molecule has 0 fully saturated rings. The SMILES string of the molecule is C[C@H](CO)NS(=O)(=O)c1ccc(C(=O)O)cc1Br. The number of halogens is 1. The number of sulfonamides is 1. The number of carboxylic acids is 1. The van der Waals surface area contributed by atoms with E-state index in [1.807, 2.05) is 0 Å². The lowest BCUT2D eigenvalue weighted by Crippen LogP contribution is -2.35. The van der Waals surface area contributed by atoms with Crippen LogP contribution in [0.15, 0.2) is 27.6 Å². The first-order chi connectivity index (χ1) is 8.27. The molecule has 6 nitrogen and oxygen atoms in total. The zero-order chi connectivity index (χ0) is 13.9. The molecule has 1 aromatic carbocycles. The van der Waals surface area contributed by atoms with E-state index in [2.05, 4.69) is 20.7 Å². The topological polar surface area (TPSA) is 104 Å². The second-order valence-electron chi connectivity index (χ2n) is 3.66. The van der Waals surface area contributed by atoms with Gasteiger partial charge in [-0.15, -0.1) is 0 Å². The molecule has 8 heteroatoms. The first-order valence-corrected chi connectivity index (χ1v) is 7.21. The van der Waals surface area contributed by atoms with Crippen molar-refractivity contribution in [1.82, 2.24) is 4.72 Å². The fraction of sp³-hybridized carbons (Fsp3) is 0.300. The summed E-state index contributed by atoms with van der Waals surface area (Å²) >= 11 is 3.02. The Bertz CT molecular complexity index is 557. The Morgan fingerprint density at radius 3 is 2.56 bits per heavy atom. The van der Waals surface area contributed by atoms with Gasteiger partial charge >= 0.3 is 5.97 Å². The van der Waals surface area contributed by atoms with Gasteiger partial charge in [0, 0.05) is 10.5 Å². The summed E-state index contributed by atoms with van der Waals surface area (Å²) in [5, 5.41) is 17.6. The Balaban J connectivity index is 3.14. The van der Waals surface area contributed by atoms with Crippen LogP contribution in [0.2, 0.25) is 0 Å². The average Bonchev–Trinajstić information content (AvgIpc) is 2.27. The minimum atomic E-state index is -3.79. The molecule has 0 bridgehead atoms. The molecule has 100 valence electrons. The Morgan fingerprint density at radius 1 is 1.50 bits per heavy atom. The Hall–Kier alpha value is -0.960. The van der Waals surface area contributed by atoms with Gasteiger partial charge in [-0.2, -0.15) is 0 Å². The standard InChI is InChI=1S/C10H12BrNO5S/c1-6(5-13)12-18(16,17)9-3-2-7(10(14)15)4-8(9)11/h2-4,6,12-13H,5H2,1H3,(H,14,15)/t6-/m1/s1. The second kappa shape index (κ2) is 5.79. The number of carbonyl (C=O) groups is 1. The van der Waals surface area contributed by atoms with Gasteiger partial charge in [0.25, 0.3) is 0 Å². The second-order valence-corrected chi connectivity index (χ2v) is 6.19. The van der Waals surface area contributed by atoms with E-state index in [1.165, 1.54) is 25.1 Å².